The Morgan fingerprint density at radius 3 is 2.17 bits per heavy atom. The maximum Gasteiger partial charge on any atom is 0.243 e. The van der Waals surface area contributed by atoms with Crippen LogP contribution in [0, 0.1) is 11.8 Å². The molecule has 8 heteroatoms. The first-order chi connectivity index (χ1) is 14.4. The summed E-state index contributed by atoms with van der Waals surface area (Å²) in [4.78, 5) is 28.8. The summed E-state index contributed by atoms with van der Waals surface area (Å²) in [7, 11) is -3.73. The highest BCUT2D eigenvalue weighted by molar-refractivity contribution is 7.89. The van der Waals surface area contributed by atoms with Crippen molar-refractivity contribution in [2.24, 2.45) is 11.8 Å². The number of thiophene rings is 1. The summed E-state index contributed by atoms with van der Waals surface area (Å²) in [5.74, 6) is -1.69. The number of imide groups is 1. The van der Waals surface area contributed by atoms with Crippen molar-refractivity contribution in [3.63, 3.8) is 0 Å². The largest absolute Gasteiger partial charge is 0.274 e. The number of carbonyl (C=O) groups is 2. The van der Waals surface area contributed by atoms with Crippen molar-refractivity contribution in [1.82, 2.24) is 9.21 Å². The van der Waals surface area contributed by atoms with Crippen LogP contribution >= 0.6 is 11.3 Å². The molecule has 0 bridgehead atoms. The number of sulfonamides is 1. The molecule has 4 rings (SSSR count). The maximum absolute atomic E-state index is 13.1. The third-order valence-corrected chi connectivity index (χ3v) is 8.88. The van der Waals surface area contributed by atoms with Crippen LogP contribution in [-0.2, 0) is 26.0 Å². The zero-order chi connectivity index (χ0) is 21.5. The van der Waals surface area contributed by atoms with Crippen LogP contribution in [0.1, 0.15) is 43.2 Å². The molecule has 1 unspecified atom stereocenters. The summed E-state index contributed by atoms with van der Waals surface area (Å²) in [6.45, 7) is 4.15. The van der Waals surface area contributed by atoms with Crippen LogP contribution in [0.4, 0.5) is 0 Å². The number of likely N-dealkylation sites (tertiary alicyclic amines) is 1. The molecule has 2 aliphatic rings. The molecular formula is C22H26N2O4S2. The summed E-state index contributed by atoms with van der Waals surface area (Å²) in [6.07, 6.45) is 2.53. The first kappa shape index (κ1) is 21.2. The molecule has 160 valence electrons. The van der Waals surface area contributed by atoms with E-state index >= 15 is 0 Å². The molecule has 0 aliphatic carbocycles. The smallest absolute Gasteiger partial charge is 0.243 e. The average molecular weight is 447 g/mol. The molecular weight excluding hydrogens is 420 g/mol. The van der Waals surface area contributed by atoms with E-state index in [1.807, 2.05) is 36.6 Å². The molecule has 2 amide bonds. The van der Waals surface area contributed by atoms with E-state index in [2.05, 4.69) is 6.92 Å². The third kappa shape index (κ3) is 3.50. The standard InChI is InChI=1S/C22H26N2O4S2/c1-3-6-15-8-10-16(11-9-15)30(27,28)23-13-17-18(14-23)22(26)24(21(17)25)19(4-2)20-7-5-12-29-20/h5,7-12,17-19H,3-4,6,13-14H2,1-2H3/t17-,18+,19?. The fourth-order valence-electron chi connectivity index (χ4n) is 4.50. The lowest BCUT2D eigenvalue weighted by Gasteiger charge is -2.26. The van der Waals surface area contributed by atoms with Crippen molar-refractivity contribution < 1.29 is 18.0 Å². The number of hydrogen-bond acceptors (Lipinski definition) is 5. The molecule has 30 heavy (non-hydrogen) atoms. The van der Waals surface area contributed by atoms with E-state index < -0.39 is 21.9 Å². The minimum absolute atomic E-state index is 0.0612. The minimum atomic E-state index is -3.73. The van der Waals surface area contributed by atoms with Gasteiger partial charge in [0, 0.05) is 18.0 Å². The fourth-order valence-corrected chi connectivity index (χ4v) is 6.89. The number of carbonyl (C=O) groups excluding carboxylic acids is 2. The zero-order valence-corrected chi connectivity index (χ0v) is 18.8. The Labute approximate surface area is 181 Å². The second-order valence-corrected chi connectivity index (χ2v) is 10.8. The van der Waals surface area contributed by atoms with Crippen molar-refractivity contribution >= 4 is 33.2 Å². The molecule has 2 saturated heterocycles. The topological polar surface area (TPSA) is 74.8 Å². The van der Waals surface area contributed by atoms with Crippen molar-refractivity contribution in [3.05, 3.63) is 52.2 Å². The molecule has 6 nitrogen and oxygen atoms in total. The van der Waals surface area contributed by atoms with E-state index in [1.165, 1.54) is 20.5 Å². The van der Waals surface area contributed by atoms with Gasteiger partial charge in [-0.1, -0.05) is 38.5 Å². The van der Waals surface area contributed by atoms with Crippen molar-refractivity contribution in [2.45, 2.75) is 44.0 Å². The van der Waals surface area contributed by atoms with Gasteiger partial charge in [-0.15, -0.1) is 11.3 Å². The Morgan fingerprint density at radius 1 is 1.03 bits per heavy atom. The summed E-state index contributed by atoms with van der Waals surface area (Å²) < 4.78 is 27.5. The molecule has 2 aromatic rings. The van der Waals surface area contributed by atoms with Gasteiger partial charge in [-0.2, -0.15) is 4.31 Å². The summed E-state index contributed by atoms with van der Waals surface area (Å²) >= 11 is 1.53. The lowest BCUT2D eigenvalue weighted by atomic mass is 10.00. The quantitative estimate of drug-likeness (QED) is 0.611. The first-order valence-electron chi connectivity index (χ1n) is 10.4. The van der Waals surface area contributed by atoms with Gasteiger partial charge >= 0.3 is 0 Å². The van der Waals surface area contributed by atoms with Gasteiger partial charge in [-0.25, -0.2) is 8.42 Å². The van der Waals surface area contributed by atoms with Gasteiger partial charge in [0.05, 0.1) is 22.8 Å². The molecule has 1 aromatic heterocycles. The molecule has 3 heterocycles. The summed E-state index contributed by atoms with van der Waals surface area (Å²) in [6, 6.07) is 10.5. The summed E-state index contributed by atoms with van der Waals surface area (Å²) in [5.41, 5.74) is 1.09. The Kier molecular flexibility index (Phi) is 5.83. The van der Waals surface area contributed by atoms with Crippen molar-refractivity contribution in [3.8, 4) is 0 Å². The first-order valence-corrected chi connectivity index (χ1v) is 12.7. The van der Waals surface area contributed by atoms with Gasteiger partial charge in [0.25, 0.3) is 0 Å². The SMILES string of the molecule is CCCc1ccc(S(=O)(=O)N2C[C@@H]3C(=O)N(C(CC)c4cccs4)C(=O)[C@@H]3C2)cc1. The van der Waals surface area contributed by atoms with Crippen LogP contribution in [0.2, 0.25) is 0 Å². The summed E-state index contributed by atoms with van der Waals surface area (Å²) in [5, 5.41) is 1.93. The molecule has 1 aromatic carbocycles. The Morgan fingerprint density at radius 2 is 1.67 bits per heavy atom. The number of hydrogen-bond donors (Lipinski definition) is 0. The highest BCUT2D eigenvalue weighted by Crippen LogP contribution is 2.41. The monoisotopic (exact) mass is 446 g/mol. The lowest BCUT2D eigenvalue weighted by Crippen LogP contribution is -2.39. The average Bonchev–Trinajstić information content (AvgIpc) is 3.45. The van der Waals surface area contributed by atoms with Crippen LogP contribution < -0.4 is 0 Å². The highest BCUT2D eigenvalue weighted by atomic mass is 32.2. The van der Waals surface area contributed by atoms with Gasteiger partial charge < -0.3 is 0 Å². The Bertz CT molecular complexity index is 1010. The predicted molar refractivity (Wildman–Crippen MR) is 115 cm³/mol. The van der Waals surface area contributed by atoms with Crippen LogP contribution in [0.5, 0.6) is 0 Å². The van der Waals surface area contributed by atoms with Gasteiger partial charge in [0.1, 0.15) is 0 Å². The van der Waals surface area contributed by atoms with Crippen LogP contribution in [0.15, 0.2) is 46.7 Å². The predicted octanol–water partition coefficient (Wildman–Crippen LogP) is 3.46. The molecule has 3 atom stereocenters. The molecule has 2 fully saturated rings. The zero-order valence-electron chi connectivity index (χ0n) is 17.2. The minimum Gasteiger partial charge on any atom is -0.274 e. The number of nitrogens with zero attached hydrogens (tertiary/aromatic N) is 2. The number of fused-ring (bicyclic) bond motifs is 1. The molecule has 2 aliphatic heterocycles. The van der Waals surface area contributed by atoms with Crippen LogP contribution in [-0.4, -0.2) is 42.5 Å². The number of rotatable bonds is 7. The Balaban J connectivity index is 1.54. The molecule has 0 N–H and O–H groups in total. The van der Waals surface area contributed by atoms with E-state index in [-0.39, 0.29) is 35.8 Å². The number of aryl methyl sites for hydroxylation is 1. The fraction of sp³-hybridized carbons (Fsp3) is 0.455. The number of benzene rings is 1. The van der Waals surface area contributed by atoms with Crippen molar-refractivity contribution in [1.29, 1.82) is 0 Å². The van der Waals surface area contributed by atoms with Gasteiger partial charge in [0.2, 0.25) is 21.8 Å². The van der Waals surface area contributed by atoms with Gasteiger partial charge in [0.15, 0.2) is 0 Å². The molecule has 0 saturated carbocycles. The normalized spacial score (nSPS) is 23.2. The third-order valence-electron chi connectivity index (χ3n) is 6.07. The van der Waals surface area contributed by atoms with Crippen molar-refractivity contribution in [2.75, 3.05) is 13.1 Å². The van der Waals surface area contributed by atoms with E-state index in [0.717, 1.165) is 23.3 Å². The Hall–Kier alpha value is -2.03. The molecule has 0 spiro atoms. The van der Waals surface area contributed by atoms with Crippen LogP contribution in [0.25, 0.3) is 0 Å². The number of amides is 2. The van der Waals surface area contributed by atoms with E-state index in [0.29, 0.717) is 6.42 Å². The van der Waals surface area contributed by atoms with Gasteiger partial charge in [-0.05, 0) is 42.0 Å². The lowest BCUT2D eigenvalue weighted by molar-refractivity contribution is -0.143. The maximum atomic E-state index is 13.1. The highest BCUT2D eigenvalue weighted by Gasteiger charge is 2.56. The van der Waals surface area contributed by atoms with E-state index in [1.54, 1.807) is 12.1 Å². The van der Waals surface area contributed by atoms with Crippen LogP contribution in [0.3, 0.4) is 0 Å². The van der Waals surface area contributed by atoms with E-state index in [4.69, 9.17) is 0 Å². The molecule has 0 radical (unpaired) electrons. The second kappa shape index (κ2) is 8.24. The van der Waals surface area contributed by atoms with E-state index in [9.17, 15) is 18.0 Å². The second-order valence-electron chi connectivity index (χ2n) is 7.91. The van der Waals surface area contributed by atoms with Gasteiger partial charge in [-0.3, -0.25) is 14.5 Å².